The van der Waals surface area contributed by atoms with Gasteiger partial charge in [0.05, 0.1) is 35.3 Å². The Labute approximate surface area is 176 Å². The van der Waals surface area contributed by atoms with Gasteiger partial charge in [0.2, 0.25) is 0 Å². The van der Waals surface area contributed by atoms with Gasteiger partial charge in [0.25, 0.3) is 11.8 Å². The number of hydrogen-bond acceptors (Lipinski definition) is 5. The van der Waals surface area contributed by atoms with E-state index in [9.17, 15) is 9.59 Å². The lowest BCUT2D eigenvalue weighted by Gasteiger charge is -2.15. The Morgan fingerprint density at radius 2 is 1.76 bits per heavy atom. The third-order valence-electron chi connectivity index (χ3n) is 4.44. The number of ether oxygens (including phenoxy) is 1. The first-order valence-electron chi connectivity index (χ1n) is 8.77. The van der Waals surface area contributed by atoms with Crippen molar-refractivity contribution in [2.75, 3.05) is 12.0 Å². The third kappa shape index (κ3) is 3.69. The molecule has 0 bridgehead atoms. The molecule has 0 radical (unpaired) electrons. The van der Waals surface area contributed by atoms with Crippen LogP contribution in [0.15, 0.2) is 76.2 Å². The average Bonchev–Trinajstić information content (AvgIpc) is 3.33. The minimum absolute atomic E-state index is 0.318. The molecule has 1 aliphatic heterocycles. The molecule has 0 spiro atoms. The third-order valence-corrected chi connectivity index (χ3v) is 5.79. The van der Waals surface area contributed by atoms with Gasteiger partial charge in [-0.1, -0.05) is 29.8 Å². The van der Waals surface area contributed by atoms with E-state index in [1.807, 2.05) is 18.2 Å². The molecule has 3 aromatic rings. The van der Waals surface area contributed by atoms with Gasteiger partial charge in [-0.05, 0) is 42.5 Å². The Kier molecular flexibility index (Phi) is 5.47. The number of halogens is 1. The second-order valence-corrected chi connectivity index (χ2v) is 7.62. The van der Waals surface area contributed by atoms with Crippen LogP contribution < -0.4 is 9.64 Å². The maximum atomic E-state index is 13.4. The minimum atomic E-state index is -0.399. The number of benzene rings is 2. The summed E-state index contributed by atoms with van der Waals surface area (Å²) in [7, 11) is 1.53. The summed E-state index contributed by atoms with van der Waals surface area (Å²) in [5.41, 5.74) is 1.36. The Morgan fingerprint density at radius 1 is 1.00 bits per heavy atom. The number of methoxy groups -OCH3 is 1. The fourth-order valence-corrected chi connectivity index (χ4v) is 4.23. The molecule has 2 aromatic carbocycles. The highest BCUT2D eigenvalue weighted by Gasteiger charge is 2.41. The normalized spacial score (nSPS) is 14.1. The number of carbonyl (C=O) groups is 2. The van der Waals surface area contributed by atoms with Crippen LogP contribution in [0.25, 0.3) is 5.57 Å². The first-order valence-corrected chi connectivity index (χ1v) is 10.1. The molecule has 1 aromatic heterocycles. The van der Waals surface area contributed by atoms with Crippen LogP contribution in [0, 0.1) is 0 Å². The molecule has 0 fully saturated rings. The molecule has 0 aliphatic carbocycles. The molecular weight excluding hydrogens is 410 g/mol. The van der Waals surface area contributed by atoms with Gasteiger partial charge in [-0.3, -0.25) is 9.59 Å². The van der Waals surface area contributed by atoms with Gasteiger partial charge in [-0.2, -0.15) is 0 Å². The largest absolute Gasteiger partial charge is 0.496 e. The van der Waals surface area contributed by atoms with E-state index in [1.54, 1.807) is 48.7 Å². The van der Waals surface area contributed by atoms with Crippen molar-refractivity contribution in [2.24, 2.45) is 0 Å². The highest BCUT2D eigenvalue weighted by atomic mass is 35.5. The molecule has 2 heterocycles. The fourth-order valence-electron chi connectivity index (χ4n) is 3.09. The van der Waals surface area contributed by atoms with E-state index in [4.69, 9.17) is 20.8 Å². The predicted octanol–water partition coefficient (Wildman–Crippen LogP) is 5.16. The molecule has 2 amide bonds. The van der Waals surface area contributed by atoms with Crippen molar-refractivity contribution in [3.8, 4) is 5.75 Å². The van der Waals surface area contributed by atoms with Crippen LogP contribution in [0.1, 0.15) is 11.3 Å². The molecule has 1 aliphatic rings. The predicted molar refractivity (Wildman–Crippen MR) is 114 cm³/mol. The lowest BCUT2D eigenvalue weighted by molar-refractivity contribution is -0.119. The topological polar surface area (TPSA) is 59.8 Å². The Balaban J connectivity index is 1.79. The molecule has 29 heavy (non-hydrogen) atoms. The molecule has 0 saturated heterocycles. The zero-order valence-corrected chi connectivity index (χ0v) is 17.0. The quantitative estimate of drug-likeness (QED) is 0.510. The van der Waals surface area contributed by atoms with E-state index in [1.165, 1.54) is 23.8 Å². The highest BCUT2D eigenvalue weighted by Crippen LogP contribution is 2.42. The summed E-state index contributed by atoms with van der Waals surface area (Å²) in [6.07, 6.45) is 1.58. The number of imide groups is 1. The summed E-state index contributed by atoms with van der Waals surface area (Å²) >= 11 is 7.23. The van der Waals surface area contributed by atoms with E-state index in [-0.39, 0.29) is 5.91 Å². The number of hydrogen-bond donors (Lipinski definition) is 0. The number of nitrogens with zero attached hydrogens (tertiary/aromatic N) is 1. The van der Waals surface area contributed by atoms with Gasteiger partial charge >= 0.3 is 0 Å². The number of amides is 2. The molecule has 4 rings (SSSR count). The maximum absolute atomic E-state index is 13.4. The number of furan rings is 1. The Morgan fingerprint density at radius 3 is 2.45 bits per heavy atom. The van der Waals surface area contributed by atoms with Crippen LogP contribution in [0.2, 0.25) is 5.02 Å². The van der Waals surface area contributed by atoms with Crippen LogP contribution in [0.4, 0.5) is 5.69 Å². The minimum Gasteiger partial charge on any atom is -0.496 e. The zero-order chi connectivity index (χ0) is 20.4. The van der Waals surface area contributed by atoms with E-state index >= 15 is 0 Å². The van der Waals surface area contributed by atoms with Gasteiger partial charge in [0.15, 0.2) is 0 Å². The standard InChI is InChI=1S/C22H16ClNO4S/c1-27-18-7-3-2-6-17(18)19-20(29-13-16-5-4-12-28-16)22(26)24(21(19)25)15-10-8-14(23)9-11-15/h2-12H,13H2,1H3. The average molecular weight is 426 g/mol. The molecule has 5 nitrogen and oxygen atoms in total. The van der Waals surface area contributed by atoms with Gasteiger partial charge in [0, 0.05) is 10.6 Å². The molecular formula is C22H16ClNO4S. The van der Waals surface area contributed by atoms with Gasteiger partial charge in [-0.15, -0.1) is 11.8 Å². The van der Waals surface area contributed by atoms with Crippen LogP contribution >= 0.6 is 23.4 Å². The number of rotatable bonds is 6. The van der Waals surface area contributed by atoms with Crippen LogP contribution in [-0.2, 0) is 15.3 Å². The molecule has 0 saturated carbocycles. The number of para-hydroxylation sites is 1. The summed E-state index contributed by atoms with van der Waals surface area (Å²) in [5.74, 6) is 0.886. The SMILES string of the molecule is COc1ccccc1C1=C(SCc2ccco2)C(=O)N(c2ccc(Cl)cc2)C1=O. The second kappa shape index (κ2) is 8.19. The highest BCUT2D eigenvalue weighted by molar-refractivity contribution is 8.03. The lowest BCUT2D eigenvalue weighted by atomic mass is 10.0. The van der Waals surface area contributed by atoms with Gasteiger partial charge < -0.3 is 9.15 Å². The van der Waals surface area contributed by atoms with Crippen molar-refractivity contribution >= 4 is 46.4 Å². The monoisotopic (exact) mass is 425 g/mol. The summed E-state index contributed by atoms with van der Waals surface area (Å²) < 4.78 is 10.8. The summed E-state index contributed by atoms with van der Waals surface area (Å²) in [6.45, 7) is 0. The summed E-state index contributed by atoms with van der Waals surface area (Å²) in [6, 6.07) is 17.4. The van der Waals surface area contributed by atoms with E-state index in [0.717, 1.165) is 0 Å². The van der Waals surface area contributed by atoms with Crippen molar-refractivity contribution in [3.63, 3.8) is 0 Å². The Hall–Kier alpha value is -2.96. The first kappa shape index (κ1) is 19.4. The zero-order valence-electron chi connectivity index (χ0n) is 15.4. The molecule has 7 heteroatoms. The van der Waals surface area contributed by atoms with E-state index in [2.05, 4.69) is 0 Å². The molecule has 146 valence electrons. The van der Waals surface area contributed by atoms with Crippen molar-refractivity contribution in [2.45, 2.75) is 5.75 Å². The van der Waals surface area contributed by atoms with Crippen LogP contribution in [0.3, 0.4) is 0 Å². The van der Waals surface area contributed by atoms with Crippen molar-refractivity contribution in [1.29, 1.82) is 0 Å². The van der Waals surface area contributed by atoms with Crippen LogP contribution in [0.5, 0.6) is 5.75 Å². The summed E-state index contributed by atoms with van der Waals surface area (Å²) in [4.78, 5) is 28.2. The molecule has 0 N–H and O–H groups in total. The number of thioether (sulfide) groups is 1. The van der Waals surface area contributed by atoms with Gasteiger partial charge in [0.1, 0.15) is 11.5 Å². The lowest BCUT2D eigenvalue weighted by Crippen LogP contribution is -2.31. The van der Waals surface area contributed by atoms with Gasteiger partial charge in [-0.25, -0.2) is 4.90 Å². The van der Waals surface area contributed by atoms with E-state index in [0.29, 0.717) is 44.0 Å². The Bertz CT molecular complexity index is 1090. The number of carbonyl (C=O) groups excluding carboxylic acids is 2. The molecule has 0 atom stereocenters. The fraction of sp³-hybridized carbons (Fsp3) is 0.0909. The van der Waals surface area contributed by atoms with E-state index < -0.39 is 5.91 Å². The number of anilines is 1. The smallest absolute Gasteiger partial charge is 0.272 e. The van der Waals surface area contributed by atoms with Crippen molar-refractivity contribution in [1.82, 2.24) is 0 Å². The summed E-state index contributed by atoms with van der Waals surface area (Å²) in [5, 5.41) is 0.526. The van der Waals surface area contributed by atoms with Crippen LogP contribution in [-0.4, -0.2) is 18.9 Å². The first-order chi connectivity index (χ1) is 14.1. The van der Waals surface area contributed by atoms with Crippen molar-refractivity contribution in [3.05, 3.63) is 88.2 Å². The maximum Gasteiger partial charge on any atom is 0.272 e. The second-order valence-electron chi connectivity index (χ2n) is 6.19. The van der Waals surface area contributed by atoms with Crippen molar-refractivity contribution < 1.29 is 18.7 Å². The molecule has 0 unspecified atom stereocenters.